The van der Waals surface area contributed by atoms with Crippen LogP contribution in [0.5, 0.6) is 0 Å². The van der Waals surface area contributed by atoms with E-state index in [1.807, 2.05) is 6.92 Å². The molecule has 2 saturated heterocycles. The van der Waals surface area contributed by atoms with Crippen molar-refractivity contribution in [3.63, 3.8) is 0 Å². The average Bonchev–Trinajstić information content (AvgIpc) is 3.70. The van der Waals surface area contributed by atoms with Crippen molar-refractivity contribution >= 4 is 17.6 Å². The van der Waals surface area contributed by atoms with Crippen molar-refractivity contribution in [2.45, 2.75) is 43.7 Å². The van der Waals surface area contributed by atoms with E-state index >= 15 is 0 Å². The maximum absolute atomic E-state index is 5.72. The van der Waals surface area contributed by atoms with Crippen LogP contribution in [0.25, 0.3) is 0 Å². The van der Waals surface area contributed by atoms with E-state index in [4.69, 9.17) is 45.5 Å². The highest BCUT2D eigenvalue weighted by Gasteiger charge is 2.48. The van der Waals surface area contributed by atoms with E-state index in [1.165, 1.54) is 0 Å². The summed E-state index contributed by atoms with van der Waals surface area (Å²) >= 11 is 0. The van der Waals surface area contributed by atoms with Gasteiger partial charge in [0.25, 0.3) is 0 Å². The van der Waals surface area contributed by atoms with E-state index in [1.54, 1.807) is 42.7 Å². The summed E-state index contributed by atoms with van der Waals surface area (Å²) in [7, 11) is 4.60. The van der Waals surface area contributed by atoms with Gasteiger partial charge >= 0.3 is 17.6 Å². The monoisotopic (exact) mass is 472 g/mol. The number of hydrogen-bond donors (Lipinski definition) is 0. The molecule has 0 amide bonds. The lowest BCUT2D eigenvalue weighted by Crippen LogP contribution is -2.55. The van der Waals surface area contributed by atoms with Gasteiger partial charge in [-0.2, -0.15) is 0 Å². The van der Waals surface area contributed by atoms with Gasteiger partial charge in [0.05, 0.1) is 26.4 Å². The quantitative estimate of drug-likeness (QED) is 0.175. The Morgan fingerprint density at radius 2 is 1.30 bits per heavy atom. The van der Waals surface area contributed by atoms with Gasteiger partial charge in [0.1, 0.15) is 17.9 Å². The van der Waals surface area contributed by atoms with Gasteiger partial charge in [0, 0.05) is 55.3 Å². The normalized spacial score (nSPS) is 21.7. The molecule has 2 aliphatic rings. The van der Waals surface area contributed by atoms with Gasteiger partial charge in [-0.25, -0.2) is 0 Å². The summed E-state index contributed by atoms with van der Waals surface area (Å²) < 4.78 is 53.2. The summed E-state index contributed by atoms with van der Waals surface area (Å²) in [4.78, 5) is 0. The Bertz CT molecular complexity index is 413. The highest BCUT2D eigenvalue weighted by Crippen LogP contribution is 2.20. The molecule has 180 valence electrons. The molecule has 2 fully saturated rings. The molecule has 0 bridgehead atoms. The van der Waals surface area contributed by atoms with Gasteiger partial charge < -0.3 is 45.5 Å². The molecule has 2 heterocycles. The van der Waals surface area contributed by atoms with Gasteiger partial charge in [-0.15, -0.1) is 0 Å². The van der Waals surface area contributed by atoms with Crippen LogP contribution >= 0.6 is 0 Å². The van der Waals surface area contributed by atoms with Crippen LogP contribution < -0.4 is 0 Å². The SMILES string of the molecule is CCC(OCC1CO1)[Si](OC)(OC)OC.CO[Si](CCCOCC1CO1)(OC)OC. The van der Waals surface area contributed by atoms with Crippen molar-refractivity contribution in [2.24, 2.45) is 0 Å². The lowest BCUT2D eigenvalue weighted by atomic mass is 10.5. The first-order valence-corrected chi connectivity index (χ1v) is 13.9. The second-order valence-electron chi connectivity index (χ2n) is 6.83. The average molecular weight is 473 g/mol. The van der Waals surface area contributed by atoms with Gasteiger partial charge in [0.2, 0.25) is 0 Å². The summed E-state index contributed by atoms with van der Waals surface area (Å²) in [6, 6.07) is 0.780. The fraction of sp³-hybridized carbons (Fsp3) is 1.00. The van der Waals surface area contributed by atoms with E-state index in [-0.39, 0.29) is 11.8 Å². The molecule has 3 unspecified atom stereocenters. The first-order valence-electron chi connectivity index (χ1n) is 10.2. The molecule has 10 nitrogen and oxygen atoms in total. The summed E-state index contributed by atoms with van der Waals surface area (Å²) in [5, 5.41) is 0. The van der Waals surface area contributed by atoms with Crippen molar-refractivity contribution in [2.75, 3.05) is 75.7 Å². The predicted octanol–water partition coefficient (Wildman–Crippen LogP) is 1.27. The first-order chi connectivity index (χ1) is 14.5. The Morgan fingerprint density at radius 1 is 0.800 bits per heavy atom. The minimum absolute atomic E-state index is 0.123. The Morgan fingerprint density at radius 3 is 1.70 bits per heavy atom. The molecule has 2 rings (SSSR count). The van der Waals surface area contributed by atoms with Crippen LogP contribution in [-0.4, -0.2) is 111 Å². The van der Waals surface area contributed by atoms with E-state index in [0.717, 1.165) is 32.1 Å². The topological polar surface area (TPSA) is 98.9 Å². The van der Waals surface area contributed by atoms with E-state index in [9.17, 15) is 0 Å². The number of rotatable bonds is 17. The summed E-state index contributed by atoms with van der Waals surface area (Å²) in [6.45, 7) is 5.64. The van der Waals surface area contributed by atoms with Crippen molar-refractivity contribution in [3.8, 4) is 0 Å². The molecule has 0 aromatic rings. The second kappa shape index (κ2) is 15.0. The molecule has 0 N–H and O–H groups in total. The number of ether oxygens (including phenoxy) is 4. The molecule has 0 aromatic carbocycles. The summed E-state index contributed by atoms with van der Waals surface area (Å²) in [5.74, 6) is 0. The highest BCUT2D eigenvalue weighted by molar-refractivity contribution is 6.62. The molecule has 0 aliphatic carbocycles. The summed E-state index contributed by atoms with van der Waals surface area (Å²) in [5.41, 5.74) is -0.123. The number of epoxide rings is 2. The predicted molar refractivity (Wildman–Crippen MR) is 113 cm³/mol. The van der Waals surface area contributed by atoms with Crippen LogP contribution in [0.4, 0.5) is 0 Å². The standard InChI is InChI=1S/2C9H20O5Si/c1-10-15(11-2,12-3)6-4-5-13-7-9-8-14-9;1-5-9(14-7-8-6-13-8)15(10-2,11-3)12-4/h9H,4-8H2,1-3H3;8-9H,5-7H2,1-4H3. The van der Waals surface area contributed by atoms with Crippen LogP contribution in [0.2, 0.25) is 6.04 Å². The minimum atomic E-state index is -2.66. The van der Waals surface area contributed by atoms with Gasteiger partial charge in [0.15, 0.2) is 0 Å². The highest BCUT2D eigenvalue weighted by atomic mass is 28.4. The Hall–Kier alpha value is 0.0338. The Labute approximate surface area is 183 Å². The zero-order valence-corrected chi connectivity index (χ0v) is 21.5. The molecule has 0 radical (unpaired) electrons. The van der Waals surface area contributed by atoms with Crippen molar-refractivity contribution in [1.29, 1.82) is 0 Å². The fourth-order valence-corrected chi connectivity index (χ4v) is 6.61. The van der Waals surface area contributed by atoms with Gasteiger partial charge in [-0.05, 0) is 12.8 Å². The zero-order valence-electron chi connectivity index (χ0n) is 19.5. The fourth-order valence-electron chi connectivity index (χ4n) is 2.83. The van der Waals surface area contributed by atoms with Gasteiger partial charge in [-0.3, -0.25) is 0 Å². The molecule has 3 atom stereocenters. The summed E-state index contributed by atoms with van der Waals surface area (Å²) in [6.07, 6.45) is 2.26. The third-order valence-electron chi connectivity index (χ3n) is 4.92. The van der Waals surface area contributed by atoms with Crippen molar-refractivity contribution in [1.82, 2.24) is 0 Å². The van der Waals surface area contributed by atoms with Crippen LogP contribution in [0, 0.1) is 0 Å². The molecule has 2 aliphatic heterocycles. The molecular weight excluding hydrogens is 432 g/mol. The van der Waals surface area contributed by atoms with Crippen molar-refractivity contribution < 1.29 is 45.5 Å². The van der Waals surface area contributed by atoms with Gasteiger partial charge in [-0.1, -0.05) is 6.92 Å². The first kappa shape index (κ1) is 28.1. The van der Waals surface area contributed by atoms with Crippen molar-refractivity contribution in [3.05, 3.63) is 0 Å². The van der Waals surface area contributed by atoms with Crippen LogP contribution in [-0.2, 0) is 45.5 Å². The van der Waals surface area contributed by atoms with Crippen LogP contribution in [0.1, 0.15) is 19.8 Å². The molecule has 12 heteroatoms. The zero-order chi connectivity index (χ0) is 22.5. The van der Waals surface area contributed by atoms with Crippen LogP contribution in [0.15, 0.2) is 0 Å². The van der Waals surface area contributed by atoms with Crippen LogP contribution in [0.3, 0.4) is 0 Å². The lowest BCUT2D eigenvalue weighted by Gasteiger charge is -2.31. The molecule has 0 aromatic heterocycles. The minimum Gasteiger partial charge on any atom is -0.379 e. The smallest absolute Gasteiger partial charge is 0.379 e. The molecular formula is C18H40O10Si2. The third-order valence-corrected chi connectivity index (χ3v) is 10.8. The number of hydrogen-bond acceptors (Lipinski definition) is 10. The van der Waals surface area contributed by atoms with E-state index in [2.05, 4.69) is 0 Å². The molecule has 0 saturated carbocycles. The third kappa shape index (κ3) is 9.67. The maximum atomic E-state index is 5.72. The Kier molecular flexibility index (Phi) is 14.0. The molecule has 30 heavy (non-hydrogen) atoms. The largest absolute Gasteiger partial charge is 0.530 e. The molecule has 0 spiro atoms. The maximum Gasteiger partial charge on any atom is 0.530 e. The second-order valence-corrected chi connectivity index (χ2v) is 13.0. The lowest BCUT2D eigenvalue weighted by molar-refractivity contribution is 0.00651. The van der Waals surface area contributed by atoms with E-state index in [0.29, 0.717) is 25.9 Å². The Balaban J connectivity index is 0.000000300. The van der Waals surface area contributed by atoms with E-state index < -0.39 is 17.6 Å².